The van der Waals surface area contributed by atoms with Crippen molar-refractivity contribution in [3.63, 3.8) is 0 Å². The van der Waals surface area contributed by atoms with Gasteiger partial charge >= 0.3 is 0 Å². The zero-order valence-corrected chi connectivity index (χ0v) is 24.9. The molecule has 1 saturated heterocycles. The molecule has 0 aliphatic carbocycles. The Morgan fingerprint density at radius 2 is 1.47 bits per heavy atom. The highest BCUT2D eigenvalue weighted by Gasteiger charge is 2.44. The van der Waals surface area contributed by atoms with Crippen LogP contribution < -0.4 is 0 Å². The van der Waals surface area contributed by atoms with Crippen molar-refractivity contribution in [1.82, 2.24) is 0 Å². The van der Waals surface area contributed by atoms with Crippen molar-refractivity contribution in [3.8, 4) is 0 Å². The van der Waals surface area contributed by atoms with Crippen LogP contribution in [0.2, 0.25) is 36.3 Å². The summed E-state index contributed by atoms with van der Waals surface area (Å²) in [5, 5.41) is 11.1. The number of aliphatic hydroxyl groups is 1. The van der Waals surface area contributed by atoms with Gasteiger partial charge < -0.3 is 23.4 Å². The summed E-state index contributed by atoms with van der Waals surface area (Å²) in [5.41, 5.74) is 0. The van der Waals surface area contributed by atoms with Crippen LogP contribution in [0.4, 0.5) is 0 Å². The van der Waals surface area contributed by atoms with Gasteiger partial charge in [-0.15, -0.1) is 0 Å². The Hall–Kier alpha value is -0.286. The normalized spacial score (nSPS) is 25.1. The minimum atomic E-state index is -2.03. The Kier molecular flexibility index (Phi) is 9.80. The summed E-state index contributed by atoms with van der Waals surface area (Å²) in [6.07, 6.45) is 5.89. The molecule has 0 bridgehead atoms. The summed E-state index contributed by atoms with van der Waals surface area (Å²) >= 11 is 0. The van der Waals surface area contributed by atoms with Gasteiger partial charge in [0.15, 0.2) is 22.4 Å². The van der Waals surface area contributed by atoms with Crippen LogP contribution in [-0.2, 0) is 18.3 Å². The second-order valence-corrected chi connectivity index (χ2v) is 22.0. The summed E-state index contributed by atoms with van der Waals surface area (Å²) in [7, 11) is -3.93. The number of rotatable bonds is 9. The summed E-state index contributed by atoms with van der Waals surface area (Å²) < 4.78 is 25.1. The number of aliphatic hydroxyl groups excluding tert-OH is 1. The molecule has 1 aliphatic rings. The van der Waals surface area contributed by atoms with Crippen molar-refractivity contribution in [3.05, 3.63) is 24.3 Å². The van der Waals surface area contributed by atoms with Crippen LogP contribution in [0.3, 0.4) is 0 Å². The summed E-state index contributed by atoms with van der Waals surface area (Å²) in [5.74, 6) is -0.693. The first kappa shape index (κ1) is 29.7. The van der Waals surface area contributed by atoms with Gasteiger partial charge in [0.25, 0.3) is 0 Å². The predicted molar refractivity (Wildman–Crippen MR) is 139 cm³/mol. The van der Waals surface area contributed by atoms with Crippen LogP contribution in [0.5, 0.6) is 0 Å². The molecule has 0 amide bonds. The molecule has 1 N–H and O–H groups in total. The van der Waals surface area contributed by atoms with Gasteiger partial charge in [-0.1, -0.05) is 65.8 Å². The second kappa shape index (κ2) is 10.5. The van der Waals surface area contributed by atoms with Crippen LogP contribution >= 0.6 is 0 Å². The quantitative estimate of drug-likeness (QED) is 0.301. The summed E-state index contributed by atoms with van der Waals surface area (Å²) in [6, 6.07) is 0. The first-order valence-corrected chi connectivity index (χ1v) is 17.7. The Morgan fingerprint density at radius 3 is 1.94 bits per heavy atom. The van der Waals surface area contributed by atoms with Crippen molar-refractivity contribution in [2.75, 3.05) is 6.61 Å². The molecule has 32 heavy (non-hydrogen) atoms. The van der Waals surface area contributed by atoms with E-state index in [1.807, 2.05) is 39.0 Å². The van der Waals surface area contributed by atoms with E-state index in [9.17, 15) is 5.11 Å². The predicted octanol–water partition coefficient (Wildman–Crippen LogP) is 6.41. The van der Waals surface area contributed by atoms with Crippen LogP contribution in [0.1, 0.15) is 62.3 Å². The third-order valence-electron chi connectivity index (χ3n) is 7.09. The Morgan fingerprint density at radius 1 is 0.938 bits per heavy atom. The molecule has 1 rings (SSSR count). The lowest BCUT2D eigenvalue weighted by molar-refractivity contribution is -0.145. The number of hydrogen-bond acceptors (Lipinski definition) is 5. The monoisotopic (exact) mass is 486 g/mol. The fourth-order valence-electron chi connectivity index (χ4n) is 2.92. The molecule has 0 aromatic carbocycles. The molecule has 1 fully saturated rings. The van der Waals surface area contributed by atoms with E-state index in [2.05, 4.69) is 67.7 Å². The number of ether oxygens (including phenoxy) is 2. The molecule has 0 spiro atoms. The van der Waals surface area contributed by atoms with E-state index in [4.69, 9.17) is 18.3 Å². The minimum Gasteiger partial charge on any atom is -0.414 e. The molecule has 1 aliphatic heterocycles. The minimum absolute atomic E-state index is 0.0644. The van der Waals surface area contributed by atoms with E-state index >= 15 is 0 Å². The van der Waals surface area contributed by atoms with Crippen molar-refractivity contribution < 1.29 is 23.4 Å². The third kappa shape index (κ3) is 8.18. The molecule has 1 heterocycles. The second-order valence-electron chi connectivity index (χ2n) is 12.5. The van der Waals surface area contributed by atoms with Crippen molar-refractivity contribution >= 4 is 16.6 Å². The van der Waals surface area contributed by atoms with Crippen molar-refractivity contribution in [1.29, 1.82) is 0 Å². The standard InChI is InChI=1S/C25H50O5Si2/c1-14-15-20(30-32(12,13)24(5,6)7)19(26)16-17-21-22(29-25(8,9)28-21)18-27-31(10,11)23(2,3)4/h14-17,19-22,26H,18H2,1-13H3/b15-14+,17-16+/t19-,20-,21-,22-/m0/s1. The van der Waals surface area contributed by atoms with Gasteiger partial charge in [0, 0.05) is 0 Å². The summed E-state index contributed by atoms with van der Waals surface area (Å²) in [4.78, 5) is 0. The topological polar surface area (TPSA) is 57.2 Å². The zero-order chi connectivity index (χ0) is 25.2. The highest BCUT2D eigenvalue weighted by molar-refractivity contribution is 6.74. The molecule has 5 nitrogen and oxygen atoms in total. The molecular formula is C25H50O5Si2. The smallest absolute Gasteiger partial charge is 0.193 e. The van der Waals surface area contributed by atoms with Gasteiger partial charge in [0.2, 0.25) is 0 Å². The molecule has 188 valence electrons. The first-order valence-electron chi connectivity index (χ1n) is 11.9. The first-order chi connectivity index (χ1) is 14.2. The maximum absolute atomic E-state index is 11.0. The van der Waals surface area contributed by atoms with Crippen molar-refractivity contribution in [2.45, 2.75) is 129 Å². The van der Waals surface area contributed by atoms with Gasteiger partial charge in [-0.05, 0) is 57.0 Å². The SMILES string of the molecule is C/C=C/[C@H](O[Si](C)(C)C(C)(C)C)[C@@H](O)/C=C/[C@@H]1OC(C)(C)O[C@H]1CO[Si](C)(C)C(C)(C)C. The molecule has 0 saturated carbocycles. The van der Waals surface area contributed by atoms with Gasteiger partial charge in [-0.3, -0.25) is 0 Å². The lowest BCUT2D eigenvalue weighted by atomic mass is 10.1. The van der Waals surface area contributed by atoms with Crippen LogP contribution in [0.25, 0.3) is 0 Å². The van der Waals surface area contributed by atoms with Crippen LogP contribution in [0.15, 0.2) is 24.3 Å². The van der Waals surface area contributed by atoms with Gasteiger partial charge in [-0.2, -0.15) is 0 Å². The van der Waals surface area contributed by atoms with Crippen molar-refractivity contribution in [2.24, 2.45) is 0 Å². The third-order valence-corrected chi connectivity index (χ3v) is 16.1. The number of hydrogen-bond donors (Lipinski definition) is 1. The number of allylic oxidation sites excluding steroid dienone is 1. The van der Waals surface area contributed by atoms with E-state index in [1.165, 1.54) is 0 Å². The molecule has 7 heteroatoms. The van der Waals surface area contributed by atoms with E-state index in [0.29, 0.717) is 6.61 Å². The fourth-order valence-corrected chi connectivity index (χ4v) is 5.19. The largest absolute Gasteiger partial charge is 0.414 e. The fraction of sp³-hybridized carbons (Fsp3) is 0.840. The average Bonchev–Trinajstić information content (AvgIpc) is 2.89. The Bertz CT molecular complexity index is 656. The highest BCUT2D eigenvalue weighted by Crippen LogP contribution is 2.39. The van der Waals surface area contributed by atoms with Crippen LogP contribution in [-0.4, -0.2) is 58.6 Å². The highest BCUT2D eigenvalue weighted by atomic mass is 28.4. The molecular weight excluding hydrogens is 436 g/mol. The Balaban J connectivity index is 2.95. The molecule has 0 aromatic rings. The lowest BCUT2D eigenvalue weighted by Crippen LogP contribution is -2.46. The van der Waals surface area contributed by atoms with E-state index < -0.39 is 34.6 Å². The molecule has 0 radical (unpaired) electrons. The zero-order valence-electron chi connectivity index (χ0n) is 22.9. The molecule has 0 unspecified atom stereocenters. The molecule has 0 aromatic heterocycles. The van der Waals surface area contributed by atoms with Gasteiger partial charge in [0.05, 0.1) is 12.7 Å². The Labute approximate surface area is 199 Å². The van der Waals surface area contributed by atoms with Gasteiger partial charge in [-0.25, -0.2) is 0 Å². The lowest BCUT2D eigenvalue weighted by Gasteiger charge is -2.39. The summed E-state index contributed by atoms with van der Waals surface area (Å²) in [6.45, 7) is 28.4. The van der Waals surface area contributed by atoms with Gasteiger partial charge in [0.1, 0.15) is 18.3 Å². The molecule has 4 atom stereocenters. The average molecular weight is 487 g/mol. The maximum Gasteiger partial charge on any atom is 0.193 e. The van der Waals surface area contributed by atoms with E-state index in [0.717, 1.165) is 0 Å². The van der Waals surface area contributed by atoms with Crippen LogP contribution in [0, 0.1) is 0 Å². The van der Waals surface area contributed by atoms with E-state index in [1.54, 1.807) is 6.08 Å². The van der Waals surface area contributed by atoms with E-state index in [-0.39, 0.29) is 22.3 Å². The maximum atomic E-state index is 11.0.